The average molecular weight is 385 g/mol. The van der Waals surface area contributed by atoms with E-state index < -0.39 is 0 Å². The number of hydrogen-bond donors (Lipinski definition) is 0. The first kappa shape index (κ1) is 15.3. The van der Waals surface area contributed by atoms with Gasteiger partial charge in [0.1, 0.15) is 12.3 Å². The van der Waals surface area contributed by atoms with Gasteiger partial charge in [-0.05, 0) is 54.4 Å². The molecule has 0 saturated heterocycles. The number of halogens is 1. The fourth-order valence-corrected chi connectivity index (χ4v) is 3.71. The Balaban J connectivity index is 1.60. The Bertz CT molecular complexity index is 932. The van der Waals surface area contributed by atoms with Crippen molar-refractivity contribution in [1.29, 1.82) is 0 Å². The lowest BCUT2D eigenvalue weighted by Gasteiger charge is -2.18. The van der Waals surface area contributed by atoms with Crippen LogP contribution in [0.1, 0.15) is 5.56 Å². The Kier molecular flexibility index (Phi) is 3.81. The predicted molar refractivity (Wildman–Crippen MR) is 98.7 cm³/mol. The molecule has 2 aromatic carbocycles. The summed E-state index contributed by atoms with van der Waals surface area (Å²) in [6, 6.07) is 14.0. The molecule has 122 valence electrons. The highest BCUT2D eigenvalue weighted by molar-refractivity contribution is 9.10. The minimum Gasteiger partial charge on any atom is -0.497 e. The van der Waals surface area contributed by atoms with Gasteiger partial charge in [0.2, 0.25) is 5.91 Å². The van der Waals surface area contributed by atoms with Gasteiger partial charge in [0, 0.05) is 33.8 Å². The molecule has 0 fully saturated rings. The fraction of sp³-hybridized carbons (Fsp3) is 0.211. The number of amides is 1. The van der Waals surface area contributed by atoms with Crippen LogP contribution in [0.25, 0.3) is 10.9 Å². The number of aromatic nitrogens is 1. The number of hydrogen-bond acceptors (Lipinski definition) is 2. The number of nitrogens with zero attached hydrogens (tertiary/aromatic N) is 2. The molecule has 4 nitrogen and oxygen atoms in total. The lowest BCUT2D eigenvalue weighted by molar-refractivity contribution is -0.119. The van der Waals surface area contributed by atoms with Crippen molar-refractivity contribution >= 4 is 38.4 Å². The molecule has 1 aromatic heterocycles. The summed E-state index contributed by atoms with van der Waals surface area (Å²) in [5.41, 5.74) is 3.29. The normalized spacial score (nSPS) is 13.3. The molecule has 1 aliphatic heterocycles. The summed E-state index contributed by atoms with van der Waals surface area (Å²) in [6.07, 6.45) is 2.87. The molecule has 5 heteroatoms. The van der Waals surface area contributed by atoms with E-state index in [0.29, 0.717) is 6.54 Å². The maximum Gasteiger partial charge on any atom is 0.246 e. The monoisotopic (exact) mass is 384 g/mol. The van der Waals surface area contributed by atoms with Gasteiger partial charge < -0.3 is 14.2 Å². The molecule has 4 rings (SSSR count). The minimum absolute atomic E-state index is 0.115. The summed E-state index contributed by atoms with van der Waals surface area (Å²) in [4.78, 5) is 14.7. The van der Waals surface area contributed by atoms with E-state index in [2.05, 4.69) is 22.0 Å². The molecule has 1 amide bonds. The average Bonchev–Trinajstić information content (AvgIpc) is 3.18. The van der Waals surface area contributed by atoms with Crippen molar-refractivity contribution in [3.63, 3.8) is 0 Å². The SMILES string of the molecule is COc1ccc2c(ccn2CC(=O)N2CCc3cc(Br)ccc32)c1. The number of benzene rings is 2. The van der Waals surface area contributed by atoms with Crippen molar-refractivity contribution in [1.82, 2.24) is 4.57 Å². The molecule has 0 bridgehead atoms. The van der Waals surface area contributed by atoms with Crippen LogP contribution in [-0.4, -0.2) is 24.1 Å². The smallest absolute Gasteiger partial charge is 0.246 e. The van der Waals surface area contributed by atoms with Crippen LogP contribution in [0.3, 0.4) is 0 Å². The van der Waals surface area contributed by atoms with E-state index in [1.165, 1.54) is 5.56 Å². The molecule has 0 radical (unpaired) electrons. The van der Waals surface area contributed by atoms with Crippen molar-refractivity contribution in [2.45, 2.75) is 13.0 Å². The number of carbonyl (C=O) groups excluding carboxylic acids is 1. The highest BCUT2D eigenvalue weighted by Gasteiger charge is 2.24. The second-order valence-corrected chi connectivity index (χ2v) is 6.85. The Morgan fingerprint density at radius 1 is 1.21 bits per heavy atom. The van der Waals surface area contributed by atoms with Gasteiger partial charge in [-0.3, -0.25) is 4.79 Å². The maximum atomic E-state index is 12.8. The maximum absolute atomic E-state index is 12.8. The number of anilines is 1. The van der Waals surface area contributed by atoms with Crippen LogP contribution < -0.4 is 9.64 Å². The summed E-state index contributed by atoms with van der Waals surface area (Å²) in [6.45, 7) is 1.09. The van der Waals surface area contributed by atoms with E-state index in [1.54, 1.807) is 7.11 Å². The first-order valence-corrected chi connectivity index (χ1v) is 8.67. The summed E-state index contributed by atoms with van der Waals surface area (Å²) in [5.74, 6) is 0.940. The highest BCUT2D eigenvalue weighted by Crippen LogP contribution is 2.31. The van der Waals surface area contributed by atoms with E-state index in [9.17, 15) is 4.79 Å². The van der Waals surface area contributed by atoms with Gasteiger partial charge in [-0.1, -0.05) is 15.9 Å². The Morgan fingerprint density at radius 3 is 2.92 bits per heavy atom. The Hall–Kier alpha value is -2.27. The van der Waals surface area contributed by atoms with Gasteiger partial charge in [0.05, 0.1) is 7.11 Å². The van der Waals surface area contributed by atoms with Crippen molar-refractivity contribution < 1.29 is 9.53 Å². The lowest BCUT2D eigenvalue weighted by Crippen LogP contribution is -2.32. The molecule has 0 unspecified atom stereocenters. The van der Waals surface area contributed by atoms with Crippen LogP contribution in [0.2, 0.25) is 0 Å². The van der Waals surface area contributed by atoms with Gasteiger partial charge in [-0.25, -0.2) is 0 Å². The van der Waals surface area contributed by atoms with Crippen LogP contribution >= 0.6 is 15.9 Å². The summed E-state index contributed by atoms with van der Waals surface area (Å²) in [5, 5.41) is 1.08. The van der Waals surface area contributed by atoms with Gasteiger partial charge in [-0.15, -0.1) is 0 Å². The molecule has 0 atom stereocenters. The highest BCUT2D eigenvalue weighted by atomic mass is 79.9. The molecule has 24 heavy (non-hydrogen) atoms. The van der Waals surface area contributed by atoms with E-state index in [1.807, 2.05) is 52.1 Å². The van der Waals surface area contributed by atoms with Crippen molar-refractivity contribution in [3.05, 3.63) is 58.7 Å². The predicted octanol–water partition coefficient (Wildman–Crippen LogP) is 4.00. The summed E-state index contributed by atoms with van der Waals surface area (Å²) in [7, 11) is 1.66. The largest absolute Gasteiger partial charge is 0.497 e. The molecular weight excluding hydrogens is 368 g/mol. The zero-order valence-electron chi connectivity index (χ0n) is 13.3. The Morgan fingerprint density at radius 2 is 2.08 bits per heavy atom. The number of carbonyl (C=O) groups is 1. The molecular formula is C19H17BrN2O2. The van der Waals surface area contributed by atoms with Crippen LogP contribution in [0, 0.1) is 0 Å². The number of ether oxygens (including phenoxy) is 1. The van der Waals surface area contributed by atoms with E-state index in [-0.39, 0.29) is 5.91 Å². The number of rotatable bonds is 3. The first-order valence-electron chi connectivity index (χ1n) is 7.87. The van der Waals surface area contributed by atoms with Crippen LogP contribution in [0.15, 0.2) is 53.1 Å². The van der Waals surface area contributed by atoms with Gasteiger partial charge in [-0.2, -0.15) is 0 Å². The molecule has 0 N–H and O–H groups in total. The third-order valence-electron chi connectivity index (χ3n) is 4.52. The molecule has 0 aliphatic carbocycles. The zero-order chi connectivity index (χ0) is 16.7. The third-order valence-corrected chi connectivity index (χ3v) is 5.02. The van der Waals surface area contributed by atoms with Crippen molar-refractivity contribution in [2.75, 3.05) is 18.6 Å². The third kappa shape index (κ3) is 2.59. The van der Waals surface area contributed by atoms with E-state index in [0.717, 1.165) is 39.8 Å². The number of fused-ring (bicyclic) bond motifs is 2. The van der Waals surface area contributed by atoms with Crippen molar-refractivity contribution in [3.8, 4) is 5.75 Å². The fourth-order valence-electron chi connectivity index (χ4n) is 3.30. The molecule has 0 saturated carbocycles. The molecule has 0 spiro atoms. The standard InChI is InChI=1S/C19H17BrN2O2/c1-24-16-3-5-17-14(11-16)6-8-21(17)12-19(23)22-9-7-13-10-15(20)2-4-18(13)22/h2-6,8,10-11H,7,9,12H2,1H3. The molecule has 3 aromatic rings. The van der Waals surface area contributed by atoms with E-state index >= 15 is 0 Å². The molecule has 2 heterocycles. The first-order chi connectivity index (χ1) is 11.7. The quantitative estimate of drug-likeness (QED) is 0.683. The second-order valence-electron chi connectivity index (χ2n) is 5.94. The number of methoxy groups -OCH3 is 1. The van der Waals surface area contributed by atoms with E-state index in [4.69, 9.17) is 4.74 Å². The minimum atomic E-state index is 0.115. The van der Waals surface area contributed by atoms with Crippen LogP contribution in [0.4, 0.5) is 5.69 Å². The summed E-state index contributed by atoms with van der Waals surface area (Å²) < 4.78 is 8.30. The summed E-state index contributed by atoms with van der Waals surface area (Å²) >= 11 is 3.49. The Labute approximate surface area is 148 Å². The zero-order valence-corrected chi connectivity index (χ0v) is 14.9. The lowest BCUT2D eigenvalue weighted by atomic mass is 10.2. The van der Waals surface area contributed by atoms with Gasteiger partial charge in [0.15, 0.2) is 0 Å². The second kappa shape index (κ2) is 5.98. The van der Waals surface area contributed by atoms with Crippen LogP contribution in [-0.2, 0) is 17.8 Å². The molecule has 1 aliphatic rings. The topological polar surface area (TPSA) is 34.5 Å². The van der Waals surface area contributed by atoms with Gasteiger partial charge in [0.25, 0.3) is 0 Å². The van der Waals surface area contributed by atoms with Crippen LogP contribution in [0.5, 0.6) is 5.75 Å². The van der Waals surface area contributed by atoms with Gasteiger partial charge >= 0.3 is 0 Å². The van der Waals surface area contributed by atoms with Crippen molar-refractivity contribution in [2.24, 2.45) is 0 Å².